The molecule has 1 amide bonds. The first-order chi connectivity index (χ1) is 12.6. The van der Waals surface area contributed by atoms with Crippen LogP contribution >= 0.6 is 0 Å². The molecule has 0 aromatic heterocycles. The highest BCUT2D eigenvalue weighted by atomic mass is 19.4. The Morgan fingerprint density at radius 1 is 1.22 bits per heavy atom. The number of carbonyl (C=O) groups excluding carboxylic acids is 1. The van der Waals surface area contributed by atoms with Crippen LogP contribution in [-0.4, -0.2) is 23.6 Å². The highest BCUT2D eigenvalue weighted by molar-refractivity contribution is 5.87. The summed E-state index contributed by atoms with van der Waals surface area (Å²) < 4.78 is 42.1. The van der Waals surface area contributed by atoms with E-state index in [1.54, 1.807) is 26.0 Å². The molecule has 3 rings (SSSR count). The van der Waals surface area contributed by atoms with Gasteiger partial charge in [0.2, 0.25) is 5.91 Å². The molecule has 0 aliphatic carbocycles. The summed E-state index contributed by atoms with van der Waals surface area (Å²) in [6.45, 7) is 5.38. The van der Waals surface area contributed by atoms with Gasteiger partial charge in [0.1, 0.15) is 6.04 Å². The second kappa shape index (κ2) is 7.15. The minimum absolute atomic E-state index is 0.00707. The van der Waals surface area contributed by atoms with Crippen LogP contribution in [0.5, 0.6) is 0 Å². The lowest BCUT2D eigenvalue weighted by Crippen LogP contribution is -2.43. The Morgan fingerprint density at radius 2 is 1.93 bits per heavy atom. The maximum absolute atomic E-state index is 14.0. The minimum Gasteiger partial charge on any atom is -0.287 e. The first-order valence-electron chi connectivity index (χ1n) is 9.29. The first-order valence-corrected chi connectivity index (χ1v) is 9.29. The van der Waals surface area contributed by atoms with E-state index in [1.165, 1.54) is 0 Å². The Kier molecular flexibility index (Phi) is 5.21. The van der Waals surface area contributed by atoms with Crippen molar-refractivity contribution in [1.29, 1.82) is 0 Å². The fraction of sp³-hybridized carbons (Fsp3) is 0.476. The number of fused-ring (bicyclic) bond motifs is 1. The number of nitrogens with one attached hydrogen (secondary N) is 1. The molecular weight excluding hydrogens is 353 g/mol. The van der Waals surface area contributed by atoms with Gasteiger partial charge in [0, 0.05) is 6.54 Å². The molecule has 3 nitrogen and oxygen atoms in total. The fourth-order valence-electron chi connectivity index (χ4n) is 3.67. The van der Waals surface area contributed by atoms with Gasteiger partial charge in [0.25, 0.3) is 0 Å². The fourth-order valence-corrected chi connectivity index (χ4v) is 3.67. The van der Waals surface area contributed by atoms with E-state index in [0.717, 1.165) is 40.6 Å². The molecule has 0 bridgehead atoms. The largest absolute Gasteiger partial charge is 0.409 e. The lowest BCUT2D eigenvalue weighted by Gasteiger charge is -2.30. The number of alkyl halides is 3. The van der Waals surface area contributed by atoms with Crippen molar-refractivity contribution in [2.24, 2.45) is 5.41 Å². The molecule has 1 saturated heterocycles. The predicted octanol–water partition coefficient (Wildman–Crippen LogP) is 5.16. The zero-order chi connectivity index (χ0) is 19.8. The molecule has 2 aromatic rings. The standard InChI is InChI=1S/C21H25F3N2O/c1-4-5-8-14-11-16(12-15-9-6-7-10-17(14)15)18(21(22,23)24)26-13-20(2,3)19(27)25-26/h6-7,9-12,18H,4-5,8,13H2,1-3H3,(H,25,27)/t18-/m0/s1. The summed E-state index contributed by atoms with van der Waals surface area (Å²) in [5.41, 5.74) is 2.67. The molecule has 1 atom stereocenters. The van der Waals surface area contributed by atoms with Crippen LogP contribution in [0.25, 0.3) is 10.8 Å². The molecule has 146 valence electrons. The highest BCUT2D eigenvalue weighted by Crippen LogP contribution is 2.41. The van der Waals surface area contributed by atoms with Crippen molar-refractivity contribution < 1.29 is 18.0 Å². The molecule has 1 aliphatic rings. The van der Waals surface area contributed by atoms with Crippen molar-refractivity contribution in [1.82, 2.24) is 10.4 Å². The van der Waals surface area contributed by atoms with Crippen molar-refractivity contribution in [2.45, 2.75) is 52.3 Å². The average molecular weight is 378 g/mol. The van der Waals surface area contributed by atoms with Gasteiger partial charge in [-0.15, -0.1) is 0 Å². The van der Waals surface area contributed by atoms with E-state index in [0.29, 0.717) is 0 Å². The third kappa shape index (κ3) is 3.95. The third-order valence-electron chi connectivity index (χ3n) is 5.13. The number of unbranched alkanes of at least 4 members (excludes halogenated alkanes) is 1. The van der Waals surface area contributed by atoms with Crippen LogP contribution in [0, 0.1) is 5.41 Å². The molecule has 1 fully saturated rings. The maximum Gasteiger partial charge on any atom is 0.409 e. The van der Waals surface area contributed by atoms with E-state index >= 15 is 0 Å². The van der Waals surface area contributed by atoms with Gasteiger partial charge in [-0.05, 0) is 54.7 Å². The van der Waals surface area contributed by atoms with Gasteiger partial charge in [0.05, 0.1) is 5.41 Å². The van der Waals surface area contributed by atoms with Crippen LogP contribution < -0.4 is 5.43 Å². The van der Waals surface area contributed by atoms with Gasteiger partial charge in [-0.2, -0.15) is 13.2 Å². The second-order valence-corrected chi connectivity index (χ2v) is 7.90. The summed E-state index contributed by atoms with van der Waals surface area (Å²) in [5, 5.41) is 2.82. The number of halogens is 3. The van der Waals surface area contributed by atoms with Gasteiger partial charge in [-0.3, -0.25) is 10.2 Å². The molecule has 1 aliphatic heterocycles. The van der Waals surface area contributed by atoms with Crippen LogP contribution in [-0.2, 0) is 11.2 Å². The maximum atomic E-state index is 14.0. The monoisotopic (exact) mass is 378 g/mol. The highest BCUT2D eigenvalue weighted by Gasteiger charge is 2.51. The van der Waals surface area contributed by atoms with Gasteiger partial charge in [-0.1, -0.05) is 43.7 Å². The topological polar surface area (TPSA) is 32.3 Å². The number of nitrogens with zero attached hydrogens (tertiary/aromatic N) is 1. The Morgan fingerprint density at radius 3 is 2.52 bits per heavy atom. The second-order valence-electron chi connectivity index (χ2n) is 7.90. The zero-order valence-electron chi connectivity index (χ0n) is 15.9. The average Bonchev–Trinajstić information content (AvgIpc) is 2.84. The Balaban J connectivity index is 2.10. The zero-order valence-corrected chi connectivity index (χ0v) is 15.9. The van der Waals surface area contributed by atoms with Crippen LogP contribution in [0.1, 0.15) is 50.8 Å². The van der Waals surface area contributed by atoms with Crippen molar-refractivity contribution in [2.75, 3.05) is 6.54 Å². The van der Waals surface area contributed by atoms with Crippen LogP contribution in [0.3, 0.4) is 0 Å². The van der Waals surface area contributed by atoms with Gasteiger partial charge < -0.3 is 0 Å². The number of benzene rings is 2. The number of hydrogen-bond acceptors (Lipinski definition) is 2. The molecule has 0 spiro atoms. The summed E-state index contributed by atoms with van der Waals surface area (Å²) in [4.78, 5) is 12.1. The summed E-state index contributed by atoms with van der Waals surface area (Å²) in [6, 6.07) is 8.92. The number of rotatable bonds is 5. The normalized spacial score (nSPS) is 18.7. The summed E-state index contributed by atoms with van der Waals surface area (Å²) in [5.74, 6) is -0.385. The third-order valence-corrected chi connectivity index (χ3v) is 5.13. The van der Waals surface area contributed by atoms with Crippen molar-refractivity contribution in [3.05, 3.63) is 47.5 Å². The number of amides is 1. The van der Waals surface area contributed by atoms with E-state index < -0.39 is 17.6 Å². The number of hydrogen-bond donors (Lipinski definition) is 1. The van der Waals surface area contributed by atoms with Crippen molar-refractivity contribution >= 4 is 16.7 Å². The van der Waals surface area contributed by atoms with Crippen molar-refractivity contribution in [3.63, 3.8) is 0 Å². The molecular formula is C21H25F3N2O. The molecule has 0 unspecified atom stereocenters. The van der Waals surface area contributed by atoms with E-state index in [9.17, 15) is 18.0 Å². The SMILES string of the molecule is CCCCc1cc([C@H](N2CC(C)(C)C(=O)N2)C(F)(F)F)cc2ccccc12. The number of hydrazine groups is 1. The molecule has 1 heterocycles. The summed E-state index contributed by atoms with van der Waals surface area (Å²) in [6.07, 6.45) is -1.89. The molecule has 6 heteroatoms. The Hall–Kier alpha value is -2.08. The van der Waals surface area contributed by atoms with Crippen LogP contribution in [0.15, 0.2) is 36.4 Å². The molecule has 27 heavy (non-hydrogen) atoms. The summed E-state index contributed by atoms with van der Waals surface area (Å²) in [7, 11) is 0. The smallest absolute Gasteiger partial charge is 0.287 e. The molecule has 2 aromatic carbocycles. The lowest BCUT2D eigenvalue weighted by molar-refractivity contribution is -0.191. The Labute approximate surface area is 157 Å². The van der Waals surface area contributed by atoms with Crippen molar-refractivity contribution in [3.8, 4) is 0 Å². The molecule has 0 saturated carbocycles. The molecule has 1 N–H and O–H groups in total. The van der Waals surface area contributed by atoms with Gasteiger partial charge >= 0.3 is 6.18 Å². The van der Waals surface area contributed by atoms with Crippen LogP contribution in [0.2, 0.25) is 0 Å². The van der Waals surface area contributed by atoms with Crippen LogP contribution in [0.4, 0.5) is 13.2 Å². The van der Waals surface area contributed by atoms with E-state index in [1.807, 2.05) is 24.3 Å². The number of carbonyl (C=O) groups is 1. The predicted molar refractivity (Wildman–Crippen MR) is 100.0 cm³/mol. The Bertz CT molecular complexity index is 845. The summed E-state index contributed by atoms with van der Waals surface area (Å²) >= 11 is 0. The lowest BCUT2D eigenvalue weighted by atomic mass is 9.92. The van der Waals surface area contributed by atoms with Gasteiger partial charge in [-0.25, -0.2) is 5.01 Å². The molecule has 0 radical (unpaired) electrons. The van der Waals surface area contributed by atoms with E-state index in [2.05, 4.69) is 12.3 Å². The quantitative estimate of drug-likeness (QED) is 0.780. The minimum atomic E-state index is -4.50. The van der Waals surface area contributed by atoms with E-state index in [-0.39, 0.29) is 18.0 Å². The number of aryl methyl sites for hydroxylation is 1. The first kappa shape index (κ1) is 19.7. The van der Waals surface area contributed by atoms with Gasteiger partial charge in [0.15, 0.2) is 0 Å². The van der Waals surface area contributed by atoms with E-state index in [4.69, 9.17) is 0 Å².